The van der Waals surface area contributed by atoms with E-state index in [1.54, 1.807) is 43.5 Å². The third kappa shape index (κ3) is 2.70. The number of anilines is 1. The van der Waals surface area contributed by atoms with Crippen molar-refractivity contribution in [1.29, 1.82) is 0 Å². The lowest BCUT2D eigenvalue weighted by atomic mass is 9.63. The van der Waals surface area contributed by atoms with Gasteiger partial charge in [-0.15, -0.1) is 0 Å². The lowest BCUT2D eigenvalue weighted by Crippen LogP contribution is -2.46. The SMILES string of the molecule is COc1ccc(OC)c(NC(=O)C2(c3ccccc3F)CCC2)c1. The molecule has 2 aromatic rings. The van der Waals surface area contributed by atoms with Crippen molar-refractivity contribution in [3.05, 3.63) is 53.8 Å². The van der Waals surface area contributed by atoms with Gasteiger partial charge in [-0.1, -0.05) is 24.6 Å². The van der Waals surface area contributed by atoms with Crippen molar-refractivity contribution < 1.29 is 18.7 Å². The summed E-state index contributed by atoms with van der Waals surface area (Å²) in [6, 6.07) is 11.7. The molecule has 0 heterocycles. The molecule has 0 spiro atoms. The minimum atomic E-state index is -0.820. The van der Waals surface area contributed by atoms with Crippen molar-refractivity contribution in [3.63, 3.8) is 0 Å². The zero-order valence-corrected chi connectivity index (χ0v) is 13.8. The first-order valence-corrected chi connectivity index (χ1v) is 7.89. The van der Waals surface area contributed by atoms with E-state index in [0.717, 1.165) is 6.42 Å². The summed E-state index contributed by atoms with van der Waals surface area (Å²) in [5.74, 6) is 0.585. The van der Waals surface area contributed by atoms with Crippen LogP contribution in [0.5, 0.6) is 11.5 Å². The highest BCUT2D eigenvalue weighted by Crippen LogP contribution is 2.46. The van der Waals surface area contributed by atoms with Gasteiger partial charge in [-0.25, -0.2) is 4.39 Å². The van der Waals surface area contributed by atoms with E-state index < -0.39 is 5.41 Å². The zero-order chi connectivity index (χ0) is 17.2. The summed E-state index contributed by atoms with van der Waals surface area (Å²) in [6.07, 6.45) is 2.16. The lowest BCUT2D eigenvalue weighted by molar-refractivity contribution is -0.124. The molecule has 4 nitrogen and oxygen atoms in total. The van der Waals surface area contributed by atoms with Gasteiger partial charge in [-0.3, -0.25) is 4.79 Å². The Balaban J connectivity index is 1.93. The average molecular weight is 329 g/mol. The lowest BCUT2D eigenvalue weighted by Gasteiger charge is -2.40. The number of rotatable bonds is 5. The van der Waals surface area contributed by atoms with Crippen LogP contribution < -0.4 is 14.8 Å². The number of carbonyl (C=O) groups excluding carboxylic acids is 1. The van der Waals surface area contributed by atoms with Crippen molar-refractivity contribution in [2.75, 3.05) is 19.5 Å². The van der Waals surface area contributed by atoms with Gasteiger partial charge >= 0.3 is 0 Å². The molecule has 0 radical (unpaired) electrons. The van der Waals surface area contributed by atoms with Crippen LogP contribution in [0.1, 0.15) is 24.8 Å². The minimum Gasteiger partial charge on any atom is -0.497 e. The third-order valence-electron chi connectivity index (χ3n) is 4.69. The van der Waals surface area contributed by atoms with Gasteiger partial charge in [0.25, 0.3) is 0 Å². The number of halogens is 1. The predicted molar refractivity (Wildman–Crippen MR) is 90.1 cm³/mol. The normalized spacial score (nSPS) is 15.3. The molecule has 24 heavy (non-hydrogen) atoms. The van der Waals surface area contributed by atoms with E-state index in [1.807, 2.05) is 0 Å². The maximum Gasteiger partial charge on any atom is 0.235 e. The molecule has 0 aromatic heterocycles. The molecule has 1 saturated carbocycles. The van der Waals surface area contributed by atoms with Crippen LogP contribution in [0.15, 0.2) is 42.5 Å². The van der Waals surface area contributed by atoms with Crippen molar-refractivity contribution in [1.82, 2.24) is 0 Å². The highest BCUT2D eigenvalue weighted by atomic mass is 19.1. The number of hydrogen-bond donors (Lipinski definition) is 1. The Morgan fingerprint density at radius 3 is 2.46 bits per heavy atom. The molecule has 1 N–H and O–H groups in total. The summed E-state index contributed by atoms with van der Waals surface area (Å²) >= 11 is 0. The molecule has 1 amide bonds. The van der Waals surface area contributed by atoms with Gasteiger partial charge < -0.3 is 14.8 Å². The Bertz CT molecular complexity index is 756. The second kappa shape index (κ2) is 6.51. The van der Waals surface area contributed by atoms with E-state index in [9.17, 15) is 9.18 Å². The highest BCUT2D eigenvalue weighted by Gasteiger charge is 2.47. The standard InChI is InChI=1S/C19H20FNO3/c1-23-13-8-9-17(24-2)16(12-13)21-18(22)19(10-5-11-19)14-6-3-4-7-15(14)20/h3-4,6-9,12H,5,10-11H2,1-2H3,(H,21,22). The number of methoxy groups -OCH3 is 2. The van der Waals surface area contributed by atoms with Gasteiger partial charge in [-0.05, 0) is 31.0 Å². The van der Waals surface area contributed by atoms with Crippen LogP contribution in [-0.4, -0.2) is 20.1 Å². The molecule has 1 aliphatic carbocycles. The Labute approximate surface area is 140 Å². The van der Waals surface area contributed by atoms with Crippen LogP contribution in [0.2, 0.25) is 0 Å². The Morgan fingerprint density at radius 1 is 1.12 bits per heavy atom. The summed E-state index contributed by atoms with van der Waals surface area (Å²) in [4.78, 5) is 13.0. The number of nitrogens with one attached hydrogen (secondary N) is 1. The average Bonchev–Trinajstić information content (AvgIpc) is 2.55. The topological polar surface area (TPSA) is 47.6 Å². The monoisotopic (exact) mass is 329 g/mol. The van der Waals surface area contributed by atoms with Crippen LogP contribution in [0.4, 0.5) is 10.1 Å². The van der Waals surface area contributed by atoms with E-state index in [-0.39, 0.29) is 11.7 Å². The molecule has 0 bridgehead atoms. The van der Waals surface area contributed by atoms with Gasteiger partial charge in [0.15, 0.2) is 0 Å². The molecule has 1 aliphatic rings. The van der Waals surface area contributed by atoms with E-state index in [1.165, 1.54) is 13.2 Å². The maximum atomic E-state index is 14.2. The predicted octanol–water partition coefficient (Wildman–Crippen LogP) is 3.90. The summed E-state index contributed by atoms with van der Waals surface area (Å²) in [5, 5.41) is 2.89. The molecule has 2 aromatic carbocycles. The summed E-state index contributed by atoms with van der Waals surface area (Å²) < 4.78 is 24.7. The number of ether oxygens (including phenoxy) is 2. The fraction of sp³-hybridized carbons (Fsp3) is 0.316. The number of carbonyl (C=O) groups is 1. The number of benzene rings is 2. The number of hydrogen-bond acceptors (Lipinski definition) is 3. The van der Waals surface area contributed by atoms with Crippen molar-refractivity contribution in [3.8, 4) is 11.5 Å². The molecular formula is C19H20FNO3. The molecule has 0 aliphatic heterocycles. The first-order valence-electron chi connectivity index (χ1n) is 7.89. The Kier molecular flexibility index (Phi) is 4.42. The molecule has 0 saturated heterocycles. The highest BCUT2D eigenvalue weighted by molar-refractivity contribution is 6.01. The van der Waals surface area contributed by atoms with Crippen molar-refractivity contribution in [2.24, 2.45) is 0 Å². The second-order valence-electron chi connectivity index (χ2n) is 5.94. The quantitative estimate of drug-likeness (QED) is 0.905. The van der Waals surface area contributed by atoms with Crippen LogP contribution in [0.25, 0.3) is 0 Å². The molecule has 0 atom stereocenters. The Hall–Kier alpha value is -2.56. The van der Waals surface area contributed by atoms with Crippen LogP contribution in [0, 0.1) is 5.82 Å². The largest absolute Gasteiger partial charge is 0.497 e. The van der Waals surface area contributed by atoms with Crippen molar-refractivity contribution in [2.45, 2.75) is 24.7 Å². The van der Waals surface area contributed by atoms with Gasteiger partial charge in [0, 0.05) is 11.6 Å². The first kappa shape index (κ1) is 16.3. The minimum absolute atomic E-state index is 0.217. The zero-order valence-electron chi connectivity index (χ0n) is 13.8. The molecule has 0 unspecified atom stereocenters. The van der Waals surface area contributed by atoms with Gasteiger partial charge in [-0.2, -0.15) is 0 Å². The second-order valence-corrected chi connectivity index (χ2v) is 5.94. The Morgan fingerprint density at radius 2 is 1.88 bits per heavy atom. The molecule has 126 valence electrons. The van der Waals surface area contributed by atoms with Gasteiger partial charge in [0.05, 0.1) is 25.3 Å². The maximum absolute atomic E-state index is 14.2. The molecule has 1 fully saturated rings. The van der Waals surface area contributed by atoms with Crippen molar-refractivity contribution >= 4 is 11.6 Å². The smallest absolute Gasteiger partial charge is 0.235 e. The van der Waals surface area contributed by atoms with Gasteiger partial charge in [0.2, 0.25) is 5.91 Å². The number of amides is 1. The van der Waals surface area contributed by atoms with Crippen LogP contribution in [-0.2, 0) is 10.2 Å². The summed E-state index contributed by atoms with van der Waals surface area (Å²) in [6.45, 7) is 0. The third-order valence-corrected chi connectivity index (χ3v) is 4.69. The molecule has 3 rings (SSSR count). The fourth-order valence-electron chi connectivity index (χ4n) is 3.15. The van der Waals surface area contributed by atoms with Crippen LogP contribution in [0.3, 0.4) is 0 Å². The van der Waals surface area contributed by atoms with E-state index in [0.29, 0.717) is 35.6 Å². The summed E-state index contributed by atoms with van der Waals surface area (Å²) in [7, 11) is 3.09. The summed E-state index contributed by atoms with van der Waals surface area (Å²) in [5.41, 5.74) is 0.152. The van der Waals surface area contributed by atoms with Gasteiger partial charge in [0.1, 0.15) is 17.3 Å². The molecular weight excluding hydrogens is 309 g/mol. The fourth-order valence-corrected chi connectivity index (χ4v) is 3.15. The van der Waals surface area contributed by atoms with Crippen LogP contribution >= 0.6 is 0 Å². The van der Waals surface area contributed by atoms with E-state index >= 15 is 0 Å². The van der Waals surface area contributed by atoms with E-state index in [4.69, 9.17) is 9.47 Å². The first-order chi connectivity index (χ1) is 11.6. The molecule has 5 heteroatoms. The van der Waals surface area contributed by atoms with E-state index in [2.05, 4.69) is 5.32 Å².